The second kappa shape index (κ2) is 3.93. The summed E-state index contributed by atoms with van der Waals surface area (Å²) < 4.78 is 5.24. The van der Waals surface area contributed by atoms with Crippen molar-refractivity contribution in [3.63, 3.8) is 0 Å². The van der Waals surface area contributed by atoms with E-state index in [-0.39, 0.29) is 11.2 Å². The van der Waals surface area contributed by atoms with Gasteiger partial charge in [0, 0.05) is 12.0 Å². The van der Waals surface area contributed by atoms with Gasteiger partial charge in [-0.2, -0.15) is 0 Å². The van der Waals surface area contributed by atoms with E-state index >= 15 is 0 Å². The lowest BCUT2D eigenvalue weighted by Gasteiger charge is -2.34. The summed E-state index contributed by atoms with van der Waals surface area (Å²) >= 11 is 0. The smallest absolute Gasteiger partial charge is 0.163 e. The van der Waals surface area contributed by atoms with Crippen molar-refractivity contribution in [2.24, 2.45) is 0 Å². The van der Waals surface area contributed by atoms with Gasteiger partial charge in [-0.25, -0.2) is 0 Å². The van der Waals surface area contributed by atoms with E-state index in [9.17, 15) is 4.79 Å². The third kappa shape index (κ3) is 1.62. The molecule has 0 aromatic heterocycles. The first-order chi connectivity index (χ1) is 7.60. The van der Waals surface area contributed by atoms with Crippen LogP contribution in [0.3, 0.4) is 0 Å². The van der Waals surface area contributed by atoms with Crippen molar-refractivity contribution in [2.45, 2.75) is 38.5 Å². The molecule has 1 aliphatic rings. The summed E-state index contributed by atoms with van der Waals surface area (Å²) in [5.41, 5.74) is 2.17. The van der Waals surface area contributed by atoms with Gasteiger partial charge in [0.05, 0.1) is 7.11 Å². The molecule has 1 unspecified atom stereocenters. The van der Waals surface area contributed by atoms with Gasteiger partial charge in [0.25, 0.3) is 0 Å². The first kappa shape index (κ1) is 11.2. The van der Waals surface area contributed by atoms with E-state index in [2.05, 4.69) is 13.8 Å². The number of benzene rings is 1. The second-order valence-electron chi connectivity index (χ2n) is 4.75. The van der Waals surface area contributed by atoms with Crippen molar-refractivity contribution in [1.29, 1.82) is 0 Å². The van der Waals surface area contributed by atoms with Gasteiger partial charge in [-0.1, -0.05) is 13.8 Å². The van der Waals surface area contributed by atoms with Crippen LogP contribution in [0.2, 0.25) is 0 Å². The lowest BCUT2D eigenvalue weighted by Crippen LogP contribution is -2.29. The minimum absolute atomic E-state index is 0.123. The Morgan fingerprint density at radius 1 is 1.44 bits per heavy atom. The number of Topliss-reactive ketones (excluding diaryl/α,β-unsaturated/α-hetero) is 1. The van der Waals surface area contributed by atoms with Gasteiger partial charge < -0.3 is 4.74 Å². The number of ether oxygens (including phenoxy) is 1. The van der Waals surface area contributed by atoms with Crippen molar-refractivity contribution in [2.75, 3.05) is 7.11 Å². The third-order valence-electron chi connectivity index (χ3n) is 3.86. The minimum atomic E-state index is 0.123. The van der Waals surface area contributed by atoms with E-state index in [1.165, 1.54) is 0 Å². The third-order valence-corrected chi connectivity index (χ3v) is 3.86. The molecule has 1 aromatic rings. The molecule has 0 bridgehead atoms. The zero-order valence-electron chi connectivity index (χ0n) is 10.2. The Labute approximate surface area is 96.6 Å². The lowest BCUT2D eigenvalue weighted by molar-refractivity contribution is 0.0953. The van der Waals surface area contributed by atoms with E-state index in [0.717, 1.165) is 29.7 Å². The first-order valence-electron chi connectivity index (χ1n) is 5.82. The van der Waals surface area contributed by atoms with Crippen molar-refractivity contribution >= 4 is 5.78 Å². The average molecular weight is 218 g/mol. The highest BCUT2D eigenvalue weighted by Crippen LogP contribution is 2.40. The molecule has 0 radical (unpaired) electrons. The maximum atomic E-state index is 11.8. The molecule has 2 rings (SSSR count). The molecule has 0 fully saturated rings. The zero-order chi connectivity index (χ0) is 11.8. The molecule has 0 spiro atoms. The van der Waals surface area contributed by atoms with Gasteiger partial charge >= 0.3 is 0 Å². The summed E-state index contributed by atoms with van der Waals surface area (Å²) in [6.45, 7) is 4.41. The Balaban J connectivity index is 2.58. The van der Waals surface area contributed by atoms with Crippen LogP contribution in [0, 0.1) is 0 Å². The topological polar surface area (TPSA) is 26.3 Å². The Hall–Kier alpha value is -1.31. The number of methoxy groups -OCH3 is 1. The van der Waals surface area contributed by atoms with Crippen LogP contribution in [-0.4, -0.2) is 12.9 Å². The van der Waals surface area contributed by atoms with Crippen molar-refractivity contribution in [1.82, 2.24) is 0 Å². The zero-order valence-corrected chi connectivity index (χ0v) is 10.2. The molecular weight excluding hydrogens is 200 g/mol. The van der Waals surface area contributed by atoms with E-state index in [1.54, 1.807) is 7.11 Å². The molecule has 2 nitrogen and oxygen atoms in total. The summed E-state index contributed by atoms with van der Waals surface area (Å²) in [4.78, 5) is 11.8. The second-order valence-corrected chi connectivity index (χ2v) is 4.75. The molecule has 2 heteroatoms. The number of fused-ring (bicyclic) bond motifs is 1. The molecule has 86 valence electrons. The summed E-state index contributed by atoms with van der Waals surface area (Å²) in [6.07, 6.45) is 2.67. The molecule has 1 aliphatic carbocycles. The maximum absolute atomic E-state index is 11.8. The van der Waals surface area contributed by atoms with Crippen LogP contribution in [0.15, 0.2) is 18.2 Å². The van der Waals surface area contributed by atoms with E-state index in [0.29, 0.717) is 6.42 Å². The van der Waals surface area contributed by atoms with Crippen LogP contribution >= 0.6 is 0 Å². The number of ketones is 1. The van der Waals surface area contributed by atoms with Gasteiger partial charge in [0.1, 0.15) is 5.75 Å². The molecule has 0 aliphatic heterocycles. The number of carbonyl (C=O) groups excluding carboxylic acids is 1. The normalized spacial score (nSPS) is 24.1. The maximum Gasteiger partial charge on any atom is 0.163 e. The van der Waals surface area contributed by atoms with Gasteiger partial charge in [-0.05, 0) is 42.0 Å². The fraction of sp³-hybridized carbons (Fsp3) is 0.500. The Morgan fingerprint density at radius 3 is 2.81 bits per heavy atom. The van der Waals surface area contributed by atoms with Gasteiger partial charge in [-0.15, -0.1) is 0 Å². The molecule has 1 aromatic carbocycles. The predicted octanol–water partition coefficient (Wildman–Crippen LogP) is 3.34. The molecule has 0 amide bonds. The molecular formula is C14H18O2. The summed E-state index contributed by atoms with van der Waals surface area (Å²) in [5.74, 6) is 1.11. The van der Waals surface area contributed by atoms with Crippen LogP contribution in [0.4, 0.5) is 0 Å². The Morgan fingerprint density at radius 2 is 2.19 bits per heavy atom. The number of carbonyl (C=O) groups is 1. The van der Waals surface area contributed by atoms with Gasteiger partial charge in [0.2, 0.25) is 0 Å². The van der Waals surface area contributed by atoms with Crippen molar-refractivity contribution in [3.8, 4) is 5.75 Å². The van der Waals surface area contributed by atoms with Crippen LogP contribution in [0.1, 0.15) is 49.0 Å². The molecule has 0 N–H and O–H groups in total. The molecule has 16 heavy (non-hydrogen) atoms. The summed E-state index contributed by atoms with van der Waals surface area (Å²) in [6, 6.07) is 5.80. The van der Waals surface area contributed by atoms with Crippen LogP contribution in [-0.2, 0) is 5.41 Å². The largest absolute Gasteiger partial charge is 0.497 e. The highest BCUT2D eigenvalue weighted by molar-refractivity contribution is 5.99. The quantitative estimate of drug-likeness (QED) is 0.761. The molecule has 0 saturated heterocycles. The van der Waals surface area contributed by atoms with E-state index < -0.39 is 0 Å². The number of hydrogen-bond acceptors (Lipinski definition) is 2. The standard InChI is InChI=1S/C14H18O2/c1-4-14(2)8-7-13(15)11-6-5-10(16-3)9-12(11)14/h5-6,9H,4,7-8H2,1-3H3. The van der Waals surface area contributed by atoms with E-state index in [4.69, 9.17) is 4.74 Å². The summed E-state index contributed by atoms with van der Waals surface area (Å²) in [5, 5.41) is 0. The SMILES string of the molecule is CCC1(C)CCC(=O)c2ccc(OC)cc21. The van der Waals surface area contributed by atoms with Crippen molar-refractivity contribution < 1.29 is 9.53 Å². The molecule has 0 heterocycles. The van der Waals surface area contributed by atoms with Crippen LogP contribution < -0.4 is 4.74 Å². The van der Waals surface area contributed by atoms with Crippen LogP contribution in [0.25, 0.3) is 0 Å². The average Bonchev–Trinajstić information content (AvgIpc) is 2.34. The number of rotatable bonds is 2. The van der Waals surface area contributed by atoms with E-state index in [1.807, 2.05) is 18.2 Å². The van der Waals surface area contributed by atoms with Gasteiger partial charge in [-0.3, -0.25) is 4.79 Å². The highest BCUT2D eigenvalue weighted by Gasteiger charge is 2.34. The fourth-order valence-electron chi connectivity index (χ4n) is 2.42. The Kier molecular flexibility index (Phi) is 2.75. The van der Waals surface area contributed by atoms with Crippen molar-refractivity contribution in [3.05, 3.63) is 29.3 Å². The lowest BCUT2D eigenvalue weighted by atomic mass is 9.69. The Bertz CT molecular complexity index is 423. The predicted molar refractivity (Wildman–Crippen MR) is 64.2 cm³/mol. The first-order valence-corrected chi connectivity index (χ1v) is 5.82. The monoisotopic (exact) mass is 218 g/mol. The van der Waals surface area contributed by atoms with Crippen LogP contribution in [0.5, 0.6) is 5.75 Å². The highest BCUT2D eigenvalue weighted by atomic mass is 16.5. The summed E-state index contributed by atoms with van der Waals surface area (Å²) in [7, 11) is 1.66. The van der Waals surface area contributed by atoms with Gasteiger partial charge in [0.15, 0.2) is 5.78 Å². The fourth-order valence-corrected chi connectivity index (χ4v) is 2.42. The molecule has 0 saturated carbocycles. The number of hydrogen-bond donors (Lipinski definition) is 0. The molecule has 1 atom stereocenters. The minimum Gasteiger partial charge on any atom is -0.497 e.